The second kappa shape index (κ2) is 7.62. The lowest BCUT2D eigenvalue weighted by Gasteiger charge is -2.07. The fourth-order valence-corrected chi connectivity index (χ4v) is 3.69. The number of carbonyl (C=O) groups is 2. The fourth-order valence-electron chi connectivity index (χ4n) is 2.38. The zero-order valence-electron chi connectivity index (χ0n) is 13.7. The third-order valence-corrected chi connectivity index (χ3v) is 4.97. The third kappa shape index (κ3) is 3.80. The Morgan fingerprint density at radius 2 is 2.08 bits per heavy atom. The predicted octanol–water partition coefficient (Wildman–Crippen LogP) is 4.22. The maximum absolute atomic E-state index is 12.4. The van der Waals surface area contributed by atoms with Crippen LogP contribution in [0.4, 0.5) is 10.7 Å². The number of methoxy groups -OCH3 is 1. The van der Waals surface area contributed by atoms with Crippen molar-refractivity contribution in [3.63, 3.8) is 0 Å². The first-order valence-electron chi connectivity index (χ1n) is 7.26. The van der Waals surface area contributed by atoms with Crippen molar-refractivity contribution in [3.8, 4) is 0 Å². The first-order valence-corrected chi connectivity index (χ1v) is 8.45. The van der Waals surface area contributed by atoms with E-state index in [1.165, 1.54) is 30.6 Å². The van der Waals surface area contributed by atoms with Crippen molar-refractivity contribution in [1.29, 1.82) is 0 Å². The number of nitrogens with zero attached hydrogens (tertiary/aromatic N) is 1. The number of thiophene rings is 1. The number of nitro benzene ring substituents is 1. The van der Waals surface area contributed by atoms with Crippen LogP contribution >= 0.6 is 22.9 Å². The Morgan fingerprint density at radius 3 is 2.64 bits per heavy atom. The van der Waals surface area contributed by atoms with Crippen LogP contribution in [-0.4, -0.2) is 23.9 Å². The lowest BCUT2D eigenvalue weighted by Crippen LogP contribution is -2.14. The number of nitrogens with one attached hydrogen (secondary N) is 1. The van der Waals surface area contributed by atoms with Gasteiger partial charge in [-0.25, -0.2) is 4.79 Å². The highest BCUT2D eigenvalue weighted by Crippen LogP contribution is 2.34. The molecule has 0 saturated heterocycles. The lowest BCUT2D eigenvalue weighted by molar-refractivity contribution is -0.384. The summed E-state index contributed by atoms with van der Waals surface area (Å²) in [6, 6.07) is 3.76. The van der Waals surface area contributed by atoms with Gasteiger partial charge in [0.2, 0.25) is 0 Å². The fraction of sp³-hybridized carbons (Fsp3) is 0.250. The number of esters is 1. The molecule has 0 unspecified atom stereocenters. The van der Waals surface area contributed by atoms with Crippen molar-refractivity contribution in [2.24, 2.45) is 0 Å². The summed E-state index contributed by atoms with van der Waals surface area (Å²) in [4.78, 5) is 35.7. The number of anilines is 1. The average Bonchev–Trinajstić information content (AvgIpc) is 2.89. The number of hydrogen-bond donors (Lipinski definition) is 1. The molecular weight excluding hydrogens is 368 g/mol. The number of nitro groups is 1. The molecule has 0 aliphatic rings. The van der Waals surface area contributed by atoms with Crippen LogP contribution in [0.5, 0.6) is 0 Å². The highest BCUT2D eigenvalue weighted by atomic mass is 35.5. The van der Waals surface area contributed by atoms with E-state index in [9.17, 15) is 19.7 Å². The van der Waals surface area contributed by atoms with E-state index in [1.54, 1.807) is 0 Å². The van der Waals surface area contributed by atoms with Crippen LogP contribution in [0.1, 0.15) is 38.1 Å². The van der Waals surface area contributed by atoms with Gasteiger partial charge in [-0.3, -0.25) is 14.9 Å². The summed E-state index contributed by atoms with van der Waals surface area (Å²) in [5.41, 5.74) is 0.814. The van der Waals surface area contributed by atoms with Crippen molar-refractivity contribution in [2.75, 3.05) is 12.4 Å². The maximum atomic E-state index is 12.4. The minimum absolute atomic E-state index is 0.0583. The Labute approximate surface area is 152 Å². The van der Waals surface area contributed by atoms with Crippen LogP contribution in [0.15, 0.2) is 18.2 Å². The van der Waals surface area contributed by atoms with Crippen LogP contribution in [0.25, 0.3) is 0 Å². The van der Waals surface area contributed by atoms with Gasteiger partial charge in [0.15, 0.2) is 0 Å². The van der Waals surface area contributed by atoms with E-state index < -0.39 is 16.8 Å². The van der Waals surface area contributed by atoms with Crippen LogP contribution < -0.4 is 5.32 Å². The number of halogens is 1. The molecule has 1 aromatic carbocycles. The van der Waals surface area contributed by atoms with Gasteiger partial charge in [-0.15, -0.1) is 11.3 Å². The quantitative estimate of drug-likeness (QED) is 0.474. The van der Waals surface area contributed by atoms with Crippen molar-refractivity contribution in [1.82, 2.24) is 0 Å². The predicted molar refractivity (Wildman–Crippen MR) is 95.8 cm³/mol. The summed E-state index contributed by atoms with van der Waals surface area (Å²) in [6.07, 6.45) is 0.606. The monoisotopic (exact) mass is 382 g/mol. The molecule has 1 amide bonds. The van der Waals surface area contributed by atoms with Crippen LogP contribution in [0.3, 0.4) is 0 Å². The van der Waals surface area contributed by atoms with Crippen molar-refractivity contribution in [3.05, 3.63) is 54.9 Å². The lowest BCUT2D eigenvalue weighted by atomic mass is 10.1. The summed E-state index contributed by atoms with van der Waals surface area (Å²) >= 11 is 7.01. The first-order chi connectivity index (χ1) is 11.8. The molecule has 132 valence electrons. The number of benzene rings is 1. The van der Waals surface area contributed by atoms with Crippen LogP contribution in [0, 0.1) is 17.0 Å². The molecular formula is C16H15ClN2O5S. The van der Waals surface area contributed by atoms with Crippen molar-refractivity contribution >= 4 is 45.5 Å². The molecule has 2 aromatic rings. The van der Waals surface area contributed by atoms with E-state index in [1.807, 2.05) is 13.8 Å². The van der Waals surface area contributed by atoms with Crippen molar-refractivity contribution < 1.29 is 19.2 Å². The van der Waals surface area contributed by atoms with Crippen molar-refractivity contribution in [2.45, 2.75) is 20.3 Å². The zero-order valence-corrected chi connectivity index (χ0v) is 15.3. The van der Waals surface area contributed by atoms with Gasteiger partial charge < -0.3 is 10.1 Å². The Bertz CT molecular complexity index is 862. The summed E-state index contributed by atoms with van der Waals surface area (Å²) in [5, 5.41) is 13.9. The standard InChI is InChI=1S/C16H15ClN2O5S/c1-4-10-8(2)25-15(13(10)16(21)24-3)18-14(20)9-5-6-11(17)12(7-9)19(22)23/h5-7H,4H2,1-3H3,(H,18,20). The van der Waals surface area contributed by atoms with Gasteiger partial charge in [0.25, 0.3) is 11.6 Å². The van der Waals surface area contributed by atoms with E-state index in [4.69, 9.17) is 16.3 Å². The van der Waals surface area contributed by atoms with Gasteiger partial charge in [-0.1, -0.05) is 18.5 Å². The van der Waals surface area contributed by atoms with Gasteiger partial charge in [0.05, 0.1) is 17.6 Å². The van der Waals surface area contributed by atoms with Gasteiger partial charge >= 0.3 is 5.97 Å². The van der Waals surface area contributed by atoms with Gasteiger partial charge in [0.1, 0.15) is 10.0 Å². The molecule has 2 rings (SSSR count). The Morgan fingerprint density at radius 1 is 1.40 bits per heavy atom. The number of hydrogen-bond acceptors (Lipinski definition) is 6. The van der Waals surface area contributed by atoms with Gasteiger partial charge in [-0.05, 0) is 31.0 Å². The zero-order chi connectivity index (χ0) is 18.7. The Balaban J connectivity index is 2.40. The normalized spacial score (nSPS) is 10.4. The minimum atomic E-state index is -0.663. The van der Waals surface area contributed by atoms with E-state index in [-0.39, 0.29) is 16.3 Å². The molecule has 9 heteroatoms. The van der Waals surface area contributed by atoms with E-state index in [0.29, 0.717) is 17.0 Å². The highest BCUT2D eigenvalue weighted by molar-refractivity contribution is 7.16. The maximum Gasteiger partial charge on any atom is 0.341 e. The summed E-state index contributed by atoms with van der Waals surface area (Å²) in [5.74, 6) is -1.12. The molecule has 0 bridgehead atoms. The number of aryl methyl sites for hydroxylation is 1. The third-order valence-electron chi connectivity index (χ3n) is 3.58. The number of ether oxygens (including phenoxy) is 1. The SMILES string of the molecule is CCc1c(C)sc(NC(=O)c2ccc(Cl)c([N+](=O)[O-])c2)c1C(=O)OC. The second-order valence-electron chi connectivity index (χ2n) is 5.06. The van der Waals surface area contributed by atoms with Crippen LogP contribution in [-0.2, 0) is 11.2 Å². The smallest absolute Gasteiger partial charge is 0.341 e. The second-order valence-corrected chi connectivity index (χ2v) is 6.70. The van der Waals surface area contributed by atoms with E-state index in [2.05, 4.69) is 5.32 Å². The molecule has 0 saturated carbocycles. The Hall–Kier alpha value is -2.45. The molecule has 25 heavy (non-hydrogen) atoms. The summed E-state index contributed by atoms with van der Waals surface area (Å²) in [7, 11) is 1.27. The van der Waals surface area contributed by atoms with Crippen LogP contribution in [0.2, 0.25) is 5.02 Å². The largest absolute Gasteiger partial charge is 0.465 e. The number of amides is 1. The topological polar surface area (TPSA) is 98.5 Å². The summed E-state index contributed by atoms with van der Waals surface area (Å²) < 4.78 is 4.80. The van der Waals surface area contributed by atoms with E-state index >= 15 is 0 Å². The molecule has 1 N–H and O–H groups in total. The Kier molecular flexibility index (Phi) is 5.76. The average molecular weight is 383 g/mol. The molecule has 0 atom stereocenters. The molecule has 0 radical (unpaired) electrons. The molecule has 1 heterocycles. The highest BCUT2D eigenvalue weighted by Gasteiger charge is 2.24. The van der Waals surface area contributed by atoms with E-state index in [0.717, 1.165) is 16.5 Å². The molecule has 0 aliphatic carbocycles. The minimum Gasteiger partial charge on any atom is -0.465 e. The van der Waals surface area contributed by atoms with Gasteiger partial charge in [0, 0.05) is 16.5 Å². The molecule has 0 spiro atoms. The summed E-state index contributed by atoms with van der Waals surface area (Å²) in [6.45, 7) is 3.74. The first kappa shape index (κ1) is 18.9. The van der Waals surface area contributed by atoms with Gasteiger partial charge in [-0.2, -0.15) is 0 Å². The molecule has 0 fully saturated rings. The number of carbonyl (C=O) groups excluding carboxylic acids is 2. The molecule has 0 aliphatic heterocycles. The molecule has 1 aromatic heterocycles. The number of rotatable bonds is 5. The molecule has 7 nitrogen and oxygen atoms in total.